The molecule has 4 heteroatoms. The van der Waals surface area contributed by atoms with E-state index >= 15 is 0 Å². The van der Waals surface area contributed by atoms with Crippen molar-refractivity contribution in [3.05, 3.63) is 35.7 Å². The standard InChI is InChI=1S/C16H24N4/c1-10(2)13(17)15-18-14(19-20-15)11-6-8-12(9-7-11)16(3,4)5/h6-10,13H,17H2,1-5H3,(H,18,19,20)/t13-/m1/s1. The molecular weight excluding hydrogens is 248 g/mol. The van der Waals surface area contributed by atoms with Crippen molar-refractivity contribution in [2.45, 2.75) is 46.1 Å². The van der Waals surface area contributed by atoms with E-state index in [0.29, 0.717) is 11.7 Å². The Hall–Kier alpha value is -1.68. The van der Waals surface area contributed by atoms with Crippen LogP contribution in [0.4, 0.5) is 0 Å². The van der Waals surface area contributed by atoms with Crippen LogP contribution < -0.4 is 5.73 Å². The average molecular weight is 272 g/mol. The Morgan fingerprint density at radius 3 is 2.20 bits per heavy atom. The van der Waals surface area contributed by atoms with Gasteiger partial charge in [0.2, 0.25) is 0 Å². The molecule has 0 saturated heterocycles. The molecule has 0 unspecified atom stereocenters. The molecule has 0 fully saturated rings. The van der Waals surface area contributed by atoms with Crippen LogP contribution in [0.2, 0.25) is 0 Å². The molecule has 1 atom stereocenters. The van der Waals surface area contributed by atoms with Crippen LogP contribution in [0.1, 0.15) is 52.0 Å². The van der Waals surface area contributed by atoms with Crippen molar-refractivity contribution in [1.29, 1.82) is 0 Å². The van der Waals surface area contributed by atoms with Crippen LogP contribution in [0.25, 0.3) is 11.4 Å². The number of aromatic nitrogens is 3. The highest BCUT2D eigenvalue weighted by atomic mass is 15.2. The van der Waals surface area contributed by atoms with Gasteiger partial charge in [0.25, 0.3) is 0 Å². The molecule has 0 saturated carbocycles. The topological polar surface area (TPSA) is 67.6 Å². The number of H-pyrrole nitrogens is 1. The monoisotopic (exact) mass is 272 g/mol. The Morgan fingerprint density at radius 1 is 1.10 bits per heavy atom. The minimum atomic E-state index is -0.106. The van der Waals surface area contributed by atoms with Crippen molar-refractivity contribution in [3.63, 3.8) is 0 Å². The fourth-order valence-electron chi connectivity index (χ4n) is 1.99. The predicted molar refractivity (Wildman–Crippen MR) is 82.3 cm³/mol. The molecule has 2 aromatic rings. The van der Waals surface area contributed by atoms with Gasteiger partial charge in [0.15, 0.2) is 5.82 Å². The summed E-state index contributed by atoms with van der Waals surface area (Å²) in [7, 11) is 0. The van der Waals surface area contributed by atoms with E-state index < -0.39 is 0 Å². The molecule has 1 aromatic carbocycles. The summed E-state index contributed by atoms with van der Waals surface area (Å²) in [5.74, 6) is 1.78. The summed E-state index contributed by atoms with van der Waals surface area (Å²) < 4.78 is 0. The van der Waals surface area contributed by atoms with Gasteiger partial charge in [-0.15, -0.1) is 0 Å². The van der Waals surface area contributed by atoms with Crippen molar-refractivity contribution in [2.24, 2.45) is 11.7 Å². The quantitative estimate of drug-likeness (QED) is 0.899. The summed E-state index contributed by atoms with van der Waals surface area (Å²) in [4.78, 5) is 4.50. The van der Waals surface area contributed by atoms with Crippen molar-refractivity contribution in [3.8, 4) is 11.4 Å². The number of hydrogen-bond acceptors (Lipinski definition) is 3. The minimum absolute atomic E-state index is 0.106. The van der Waals surface area contributed by atoms with Crippen molar-refractivity contribution < 1.29 is 0 Å². The molecule has 0 spiro atoms. The van der Waals surface area contributed by atoms with Crippen molar-refractivity contribution >= 4 is 0 Å². The molecular formula is C16H24N4. The predicted octanol–water partition coefficient (Wildman–Crippen LogP) is 3.43. The van der Waals surface area contributed by atoms with Gasteiger partial charge in [0.05, 0.1) is 6.04 Å². The molecule has 0 bridgehead atoms. The molecule has 4 nitrogen and oxygen atoms in total. The lowest BCUT2D eigenvalue weighted by atomic mass is 9.87. The van der Waals surface area contributed by atoms with Crippen LogP contribution in [0, 0.1) is 5.92 Å². The van der Waals surface area contributed by atoms with E-state index in [-0.39, 0.29) is 11.5 Å². The van der Waals surface area contributed by atoms with Crippen molar-refractivity contribution in [2.75, 3.05) is 0 Å². The number of nitrogens with one attached hydrogen (secondary N) is 1. The SMILES string of the molecule is CC(C)[C@@H](N)c1nc(-c2ccc(C(C)(C)C)cc2)n[nH]1. The van der Waals surface area contributed by atoms with Crippen LogP contribution in [0.5, 0.6) is 0 Å². The molecule has 108 valence electrons. The minimum Gasteiger partial charge on any atom is -0.321 e. The van der Waals surface area contributed by atoms with Gasteiger partial charge in [0.1, 0.15) is 5.82 Å². The van der Waals surface area contributed by atoms with Crippen LogP contribution in [-0.4, -0.2) is 15.2 Å². The van der Waals surface area contributed by atoms with E-state index in [9.17, 15) is 0 Å². The first kappa shape index (κ1) is 14.7. The number of nitrogens with zero attached hydrogens (tertiary/aromatic N) is 2. The van der Waals surface area contributed by atoms with E-state index in [0.717, 1.165) is 11.4 Å². The Morgan fingerprint density at radius 2 is 1.70 bits per heavy atom. The second-order valence-corrected chi connectivity index (χ2v) is 6.64. The van der Waals surface area contributed by atoms with E-state index in [1.807, 2.05) is 0 Å². The Kier molecular flexibility index (Phi) is 3.95. The maximum atomic E-state index is 6.08. The first-order valence-corrected chi connectivity index (χ1v) is 7.08. The molecule has 0 radical (unpaired) electrons. The van der Waals surface area contributed by atoms with Gasteiger partial charge in [-0.3, -0.25) is 5.10 Å². The smallest absolute Gasteiger partial charge is 0.181 e. The number of hydrogen-bond donors (Lipinski definition) is 2. The van der Waals surface area contributed by atoms with E-state index in [4.69, 9.17) is 5.73 Å². The normalized spacial score (nSPS) is 13.8. The lowest BCUT2D eigenvalue weighted by Gasteiger charge is -2.18. The number of rotatable bonds is 3. The highest BCUT2D eigenvalue weighted by molar-refractivity contribution is 5.55. The third-order valence-electron chi connectivity index (χ3n) is 3.55. The summed E-state index contributed by atoms with van der Waals surface area (Å²) in [5.41, 5.74) is 8.54. The zero-order chi connectivity index (χ0) is 14.9. The van der Waals surface area contributed by atoms with Gasteiger partial charge in [-0.05, 0) is 16.9 Å². The van der Waals surface area contributed by atoms with Gasteiger partial charge >= 0.3 is 0 Å². The molecule has 3 N–H and O–H groups in total. The Balaban J connectivity index is 2.25. The zero-order valence-corrected chi connectivity index (χ0v) is 12.9. The number of aromatic amines is 1. The van der Waals surface area contributed by atoms with E-state index in [1.54, 1.807) is 0 Å². The first-order valence-electron chi connectivity index (χ1n) is 7.08. The summed E-state index contributed by atoms with van der Waals surface area (Å²) in [5, 5.41) is 7.21. The maximum Gasteiger partial charge on any atom is 0.181 e. The van der Waals surface area contributed by atoms with Gasteiger partial charge in [-0.1, -0.05) is 58.9 Å². The molecule has 0 amide bonds. The highest BCUT2D eigenvalue weighted by Gasteiger charge is 2.17. The van der Waals surface area contributed by atoms with Gasteiger partial charge in [0, 0.05) is 5.56 Å². The van der Waals surface area contributed by atoms with Gasteiger partial charge in [-0.25, -0.2) is 4.98 Å². The summed E-state index contributed by atoms with van der Waals surface area (Å²) in [6, 6.07) is 8.29. The molecule has 0 aliphatic carbocycles. The third-order valence-corrected chi connectivity index (χ3v) is 3.55. The average Bonchev–Trinajstić information content (AvgIpc) is 2.86. The fourth-order valence-corrected chi connectivity index (χ4v) is 1.99. The summed E-state index contributed by atoms with van der Waals surface area (Å²) in [6.07, 6.45) is 0. The van der Waals surface area contributed by atoms with Crippen LogP contribution >= 0.6 is 0 Å². The lowest BCUT2D eigenvalue weighted by Crippen LogP contribution is -2.18. The molecule has 1 heterocycles. The fraction of sp³-hybridized carbons (Fsp3) is 0.500. The highest BCUT2D eigenvalue weighted by Crippen LogP contribution is 2.25. The molecule has 0 aliphatic rings. The number of benzene rings is 1. The van der Waals surface area contributed by atoms with Crippen LogP contribution in [0.3, 0.4) is 0 Å². The van der Waals surface area contributed by atoms with E-state index in [1.165, 1.54) is 5.56 Å². The molecule has 2 rings (SSSR count). The Bertz CT molecular complexity index is 561. The summed E-state index contributed by atoms with van der Waals surface area (Å²) >= 11 is 0. The van der Waals surface area contributed by atoms with Crippen molar-refractivity contribution in [1.82, 2.24) is 15.2 Å². The molecule has 1 aromatic heterocycles. The van der Waals surface area contributed by atoms with Gasteiger partial charge in [-0.2, -0.15) is 5.10 Å². The summed E-state index contributed by atoms with van der Waals surface area (Å²) in [6.45, 7) is 10.8. The largest absolute Gasteiger partial charge is 0.321 e. The number of nitrogens with two attached hydrogens (primary N) is 1. The second-order valence-electron chi connectivity index (χ2n) is 6.64. The van der Waals surface area contributed by atoms with E-state index in [2.05, 4.69) is 74.1 Å². The third kappa shape index (κ3) is 3.07. The molecule has 0 aliphatic heterocycles. The molecule has 20 heavy (non-hydrogen) atoms. The Labute approximate surface area is 120 Å². The van der Waals surface area contributed by atoms with Gasteiger partial charge < -0.3 is 5.73 Å². The first-order chi connectivity index (χ1) is 9.29. The maximum absolute atomic E-state index is 6.08. The lowest BCUT2D eigenvalue weighted by molar-refractivity contribution is 0.492. The van der Waals surface area contributed by atoms with Crippen LogP contribution in [0.15, 0.2) is 24.3 Å². The van der Waals surface area contributed by atoms with Crippen LogP contribution in [-0.2, 0) is 5.41 Å². The zero-order valence-electron chi connectivity index (χ0n) is 12.9. The second kappa shape index (κ2) is 5.37.